The molecule has 0 bridgehead atoms. The summed E-state index contributed by atoms with van der Waals surface area (Å²) >= 11 is 0. The van der Waals surface area contributed by atoms with Gasteiger partial charge in [0.25, 0.3) is 0 Å². The van der Waals surface area contributed by atoms with Crippen LogP contribution < -0.4 is 15.1 Å². The van der Waals surface area contributed by atoms with Crippen LogP contribution in [0.1, 0.15) is 45.3 Å². The molecule has 1 saturated carbocycles. The molecule has 41 heavy (non-hydrogen) atoms. The van der Waals surface area contributed by atoms with Crippen molar-refractivity contribution in [1.82, 2.24) is 24.5 Å². The van der Waals surface area contributed by atoms with Crippen LogP contribution in [0.15, 0.2) is 53.6 Å². The number of carbonyl (C=O) groups excluding carboxylic acids is 1. The Hall–Kier alpha value is -4.58. The second-order valence-corrected chi connectivity index (χ2v) is 10.5. The highest BCUT2D eigenvalue weighted by atomic mass is 19.1. The van der Waals surface area contributed by atoms with Gasteiger partial charge in [-0.2, -0.15) is 0 Å². The summed E-state index contributed by atoms with van der Waals surface area (Å²) in [5.74, 6) is -1.25. The van der Waals surface area contributed by atoms with Gasteiger partial charge in [-0.1, -0.05) is 5.21 Å². The molecule has 2 fully saturated rings. The van der Waals surface area contributed by atoms with E-state index >= 15 is 4.39 Å². The summed E-state index contributed by atoms with van der Waals surface area (Å²) in [7, 11) is 1.57. The number of rotatable bonds is 9. The number of aromatic nitrogens is 4. The highest BCUT2D eigenvalue weighted by molar-refractivity contribution is 5.96. The van der Waals surface area contributed by atoms with Gasteiger partial charge in [-0.25, -0.2) is 13.9 Å². The first-order valence-corrected chi connectivity index (χ1v) is 13.5. The molecule has 0 radical (unpaired) electrons. The van der Waals surface area contributed by atoms with E-state index in [2.05, 4.69) is 15.2 Å². The molecule has 2 aromatic carbocycles. The van der Waals surface area contributed by atoms with E-state index in [9.17, 15) is 19.5 Å². The number of benzene rings is 2. The van der Waals surface area contributed by atoms with Crippen LogP contribution in [0.4, 0.5) is 10.1 Å². The quantitative estimate of drug-likeness (QED) is 0.308. The highest BCUT2D eigenvalue weighted by Gasteiger charge is 2.28. The third kappa shape index (κ3) is 5.42. The van der Waals surface area contributed by atoms with Crippen LogP contribution in [0, 0.1) is 5.82 Å². The number of Topliss-reactive ketones (excluding diaryl/α,β-unsaturated/α-hetero) is 1. The molecule has 212 valence electrons. The summed E-state index contributed by atoms with van der Waals surface area (Å²) in [5, 5.41) is 17.9. The van der Waals surface area contributed by atoms with Crippen LogP contribution >= 0.6 is 0 Å². The Bertz CT molecular complexity index is 1690. The van der Waals surface area contributed by atoms with E-state index in [-0.39, 0.29) is 29.3 Å². The van der Waals surface area contributed by atoms with Gasteiger partial charge in [0.2, 0.25) is 5.43 Å². The third-order valence-electron chi connectivity index (χ3n) is 7.67. The zero-order valence-corrected chi connectivity index (χ0v) is 22.5. The number of aromatic carboxylic acids is 1. The molecule has 0 unspecified atom stereocenters. The van der Waals surface area contributed by atoms with E-state index in [1.54, 1.807) is 43.6 Å². The number of nitrogens with zero attached hydrogens (tertiary/aromatic N) is 6. The average Bonchev–Trinajstić information content (AvgIpc) is 3.73. The van der Waals surface area contributed by atoms with Crippen LogP contribution in [-0.4, -0.2) is 74.6 Å². The number of fused-ring (bicyclic) bond motifs is 1. The van der Waals surface area contributed by atoms with E-state index in [0.717, 1.165) is 18.5 Å². The Balaban J connectivity index is 1.11. The van der Waals surface area contributed by atoms with Gasteiger partial charge in [-0.05, 0) is 49.2 Å². The fourth-order valence-electron chi connectivity index (χ4n) is 5.29. The molecule has 11 nitrogen and oxygen atoms in total. The van der Waals surface area contributed by atoms with Crippen LogP contribution in [0.2, 0.25) is 0 Å². The fraction of sp³-hybridized carbons (Fsp3) is 0.345. The number of pyridine rings is 1. The summed E-state index contributed by atoms with van der Waals surface area (Å²) in [6.45, 7) is 3.06. The minimum Gasteiger partial charge on any atom is -0.497 e. The number of hydrogen-bond acceptors (Lipinski definition) is 8. The maximum Gasteiger partial charge on any atom is 0.341 e. The molecule has 12 heteroatoms. The molecular weight excluding hydrogens is 531 g/mol. The van der Waals surface area contributed by atoms with Crippen molar-refractivity contribution in [2.75, 3.05) is 38.2 Å². The van der Waals surface area contributed by atoms with Crippen molar-refractivity contribution in [2.24, 2.45) is 0 Å². The smallest absolute Gasteiger partial charge is 0.341 e. The third-order valence-corrected chi connectivity index (χ3v) is 7.67. The van der Waals surface area contributed by atoms with E-state index < -0.39 is 17.2 Å². The summed E-state index contributed by atoms with van der Waals surface area (Å²) in [4.78, 5) is 41.1. The first-order valence-electron chi connectivity index (χ1n) is 13.5. The number of carboxylic acids is 1. The van der Waals surface area contributed by atoms with E-state index in [0.29, 0.717) is 55.2 Å². The second-order valence-electron chi connectivity index (χ2n) is 10.5. The largest absolute Gasteiger partial charge is 0.497 e. The van der Waals surface area contributed by atoms with Gasteiger partial charge in [0.15, 0.2) is 5.78 Å². The van der Waals surface area contributed by atoms with E-state index in [4.69, 9.17) is 4.74 Å². The van der Waals surface area contributed by atoms with Crippen LogP contribution in [0.25, 0.3) is 10.9 Å². The van der Waals surface area contributed by atoms with Crippen molar-refractivity contribution in [3.63, 3.8) is 0 Å². The lowest BCUT2D eigenvalue weighted by Crippen LogP contribution is -2.46. The molecule has 3 heterocycles. The molecule has 4 aromatic rings. The molecule has 0 atom stereocenters. The molecule has 1 aliphatic heterocycles. The number of methoxy groups -OCH3 is 1. The molecule has 0 spiro atoms. The van der Waals surface area contributed by atoms with E-state index in [1.807, 2.05) is 9.47 Å². The summed E-state index contributed by atoms with van der Waals surface area (Å²) in [6.07, 6.45) is 4.94. The van der Waals surface area contributed by atoms with Gasteiger partial charge in [-0.15, -0.1) is 5.10 Å². The van der Waals surface area contributed by atoms with E-state index in [1.165, 1.54) is 16.9 Å². The minimum atomic E-state index is -1.31. The number of piperazine rings is 1. The number of ketones is 1. The van der Waals surface area contributed by atoms with Crippen molar-refractivity contribution in [1.29, 1.82) is 0 Å². The lowest BCUT2D eigenvalue weighted by atomic mass is 10.1. The molecule has 2 aromatic heterocycles. The first-order chi connectivity index (χ1) is 19.8. The number of ether oxygens (including phenoxy) is 1. The Morgan fingerprint density at radius 2 is 1.80 bits per heavy atom. The predicted octanol–water partition coefficient (Wildman–Crippen LogP) is 2.98. The van der Waals surface area contributed by atoms with Gasteiger partial charge < -0.3 is 19.3 Å². The average molecular weight is 561 g/mol. The van der Waals surface area contributed by atoms with Crippen molar-refractivity contribution in [2.45, 2.75) is 32.0 Å². The zero-order chi connectivity index (χ0) is 28.7. The highest BCUT2D eigenvalue weighted by Crippen LogP contribution is 2.38. The number of anilines is 1. The number of carbonyl (C=O) groups is 2. The summed E-state index contributed by atoms with van der Waals surface area (Å²) < 4.78 is 23.7. The number of halogens is 1. The Labute approximate surface area is 234 Å². The second kappa shape index (κ2) is 10.8. The Kier molecular flexibility index (Phi) is 7.00. The standard InChI is InChI=1S/C29H29FN6O5/c1-41-21-6-2-18(3-7-21)27(37)17-35-15-19(31-32-35)14-33-8-10-34(11-9-33)26-13-25-22(12-24(26)30)28(38)23(29(39)40)16-36(25)20-4-5-20/h2-3,6-7,12-13,15-16,20H,4-5,8-11,14,17H2,1H3,(H,39,40). The number of carboxylic acid groups (broad SMARTS) is 1. The van der Waals surface area contributed by atoms with Crippen molar-refractivity contribution < 1.29 is 23.8 Å². The molecule has 6 rings (SSSR count). The van der Waals surface area contributed by atoms with Crippen molar-refractivity contribution in [3.8, 4) is 5.75 Å². The minimum absolute atomic E-state index is 0.0776. The van der Waals surface area contributed by atoms with Crippen LogP contribution in [0.5, 0.6) is 5.75 Å². The Morgan fingerprint density at radius 1 is 1.07 bits per heavy atom. The zero-order valence-electron chi connectivity index (χ0n) is 22.5. The molecule has 2 aliphatic rings. The topological polar surface area (TPSA) is 123 Å². The normalized spacial score (nSPS) is 15.8. The molecule has 0 amide bonds. The van der Waals surface area contributed by atoms with Gasteiger partial charge in [0.1, 0.15) is 23.7 Å². The lowest BCUT2D eigenvalue weighted by Gasteiger charge is -2.36. The molecule has 1 saturated heterocycles. The van der Waals surface area contributed by atoms with Gasteiger partial charge in [-0.3, -0.25) is 14.5 Å². The fourth-order valence-corrected chi connectivity index (χ4v) is 5.29. The SMILES string of the molecule is COc1ccc(C(=O)Cn2cc(CN3CCN(c4cc5c(cc4F)c(=O)c(C(=O)O)cn5C4CC4)CC3)nn2)cc1. The predicted molar refractivity (Wildman–Crippen MR) is 148 cm³/mol. The van der Waals surface area contributed by atoms with Crippen LogP contribution in [-0.2, 0) is 13.1 Å². The summed E-state index contributed by atoms with van der Waals surface area (Å²) in [6, 6.07) is 9.89. The van der Waals surface area contributed by atoms with Crippen molar-refractivity contribution >= 4 is 28.3 Å². The molecule has 1 N–H and O–H groups in total. The summed E-state index contributed by atoms with van der Waals surface area (Å²) in [5.41, 5.74) is 1.25. The maximum atomic E-state index is 15.3. The van der Waals surface area contributed by atoms with Gasteiger partial charge >= 0.3 is 5.97 Å². The molecular formula is C29H29FN6O5. The Morgan fingerprint density at radius 3 is 2.46 bits per heavy atom. The van der Waals surface area contributed by atoms with Gasteiger partial charge in [0, 0.05) is 55.9 Å². The van der Waals surface area contributed by atoms with Crippen molar-refractivity contribution in [3.05, 3.63) is 81.7 Å². The molecule has 1 aliphatic carbocycles. The first kappa shape index (κ1) is 26.6. The monoisotopic (exact) mass is 560 g/mol. The van der Waals surface area contributed by atoms with Gasteiger partial charge in [0.05, 0.1) is 30.2 Å². The maximum absolute atomic E-state index is 15.3. The lowest BCUT2D eigenvalue weighted by molar-refractivity contribution is 0.0694. The van der Waals surface area contributed by atoms with Crippen LogP contribution in [0.3, 0.4) is 0 Å². The number of hydrogen-bond donors (Lipinski definition) is 1.